The Morgan fingerprint density at radius 2 is 1.94 bits per heavy atom. The SMILES string of the molecule is COCc1cc(C(=O)NC2C=CC=C(c3cccc(-c4nc5cc(CN6CCN(C(C)=O)CC6)cc(C#N)c5o4)c3)C2(C)Cl)ncc1CNCCO. The second kappa shape index (κ2) is 16.2. The predicted molar refractivity (Wildman–Crippen MR) is 198 cm³/mol. The van der Waals surface area contributed by atoms with Crippen molar-refractivity contribution in [3.8, 4) is 17.5 Å². The number of carbonyl (C=O) groups is 2. The molecule has 0 radical (unpaired) electrons. The molecule has 2 aromatic carbocycles. The average Bonchev–Trinajstić information content (AvgIpc) is 3.57. The molecule has 1 saturated heterocycles. The van der Waals surface area contributed by atoms with Gasteiger partial charge in [-0.25, -0.2) is 4.98 Å². The van der Waals surface area contributed by atoms with Crippen molar-refractivity contribution in [2.45, 2.75) is 44.5 Å². The first kappa shape index (κ1) is 36.9. The molecule has 1 fully saturated rings. The fraction of sp³-hybridized carbons (Fsp3) is 0.359. The van der Waals surface area contributed by atoms with Crippen LogP contribution in [0.15, 0.2) is 71.3 Å². The highest BCUT2D eigenvalue weighted by Gasteiger charge is 2.38. The van der Waals surface area contributed by atoms with E-state index < -0.39 is 10.9 Å². The van der Waals surface area contributed by atoms with Crippen molar-refractivity contribution >= 4 is 40.1 Å². The van der Waals surface area contributed by atoms with Gasteiger partial charge in [0.05, 0.1) is 29.7 Å². The lowest BCUT2D eigenvalue weighted by Gasteiger charge is -2.35. The van der Waals surface area contributed by atoms with E-state index in [1.54, 1.807) is 26.3 Å². The number of rotatable bonds is 12. The van der Waals surface area contributed by atoms with Crippen molar-refractivity contribution in [1.29, 1.82) is 5.26 Å². The van der Waals surface area contributed by atoms with E-state index in [2.05, 4.69) is 26.6 Å². The Balaban J connectivity index is 1.19. The van der Waals surface area contributed by atoms with E-state index in [0.29, 0.717) is 67.4 Å². The molecule has 2 aliphatic rings. The van der Waals surface area contributed by atoms with Crippen molar-refractivity contribution in [3.63, 3.8) is 0 Å². The summed E-state index contributed by atoms with van der Waals surface area (Å²) in [6.45, 7) is 8.22. The number of piperazine rings is 1. The number of aliphatic hydroxyl groups is 1. The highest BCUT2D eigenvalue weighted by atomic mass is 35.5. The van der Waals surface area contributed by atoms with Crippen molar-refractivity contribution in [1.82, 2.24) is 30.4 Å². The van der Waals surface area contributed by atoms with Crippen molar-refractivity contribution < 1.29 is 23.8 Å². The number of amides is 2. The molecule has 3 N–H and O–H groups in total. The highest BCUT2D eigenvalue weighted by molar-refractivity contribution is 6.31. The van der Waals surface area contributed by atoms with Crippen LogP contribution in [-0.2, 0) is 29.2 Å². The van der Waals surface area contributed by atoms with E-state index in [1.807, 2.05) is 66.4 Å². The number of nitriles is 1. The first-order valence-corrected chi connectivity index (χ1v) is 17.6. The van der Waals surface area contributed by atoms with Crippen LogP contribution in [0.3, 0.4) is 0 Å². The van der Waals surface area contributed by atoms with Gasteiger partial charge in [-0.15, -0.1) is 11.6 Å². The van der Waals surface area contributed by atoms with Crippen LogP contribution in [-0.4, -0.2) is 94.0 Å². The molecule has 6 rings (SSSR count). The smallest absolute Gasteiger partial charge is 0.270 e. The Morgan fingerprint density at radius 3 is 2.67 bits per heavy atom. The normalized spacial score (nSPS) is 19.0. The Bertz CT molecular complexity index is 2060. The van der Waals surface area contributed by atoms with Crippen LogP contribution in [0.4, 0.5) is 0 Å². The fourth-order valence-electron chi connectivity index (χ4n) is 6.64. The quantitative estimate of drug-likeness (QED) is 0.141. The number of nitrogens with one attached hydrogen (secondary N) is 2. The summed E-state index contributed by atoms with van der Waals surface area (Å²) >= 11 is 7.27. The van der Waals surface area contributed by atoms with Gasteiger partial charge in [-0.3, -0.25) is 19.5 Å². The molecule has 1 aliphatic heterocycles. The number of hydrogen-bond donors (Lipinski definition) is 3. The molecule has 52 heavy (non-hydrogen) atoms. The van der Waals surface area contributed by atoms with Crippen LogP contribution in [0, 0.1) is 11.3 Å². The van der Waals surface area contributed by atoms with Crippen molar-refractivity contribution in [2.75, 3.05) is 46.4 Å². The summed E-state index contributed by atoms with van der Waals surface area (Å²) in [6.07, 6.45) is 7.30. The Morgan fingerprint density at radius 1 is 1.15 bits per heavy atom. The number of aromatic nitrogens is 2. The number of carbonyl (C=O) groups excluding carboxylic acids is 2. The van der Waals surface area contributed by atoms with Crippen LogP contribution in [0.1, 0.15) is 52.2 Å². The van der Waals surface area contributed by atoms with Crippen LogP contribution in [0.5, 0.6) is 0 Å². The lowest BCUT2D eigenvalue weighted by molar-refractivity contribution is -0.130. The number of nitrogens with zero attached hydrogens (tertiary/aromatic N) is 5. The second-order valence-electron chi connectivity index (χ2n) is 13.1. The summed E-state index contributed by atoms with van der Waals surface area (Å²) in [6, 6.07) is 14.9. The molecular formula is C39H42ClN7O5. The van der Waals surface area contributed by atoms with Gasteiger partial charge < -0.3 is 29.8 Å². The van der Waals surface area contributed by atoms with E-state index in [4.69, 9.17) is 30.8 Å². The Labute approximate surface area is 307 Å². The van der Waals surface area contributed by atoms with E-state index in [0.717, 1.165) is 40.9 Å². The number of fused-ring (bicyclic) bond motifs is 1. The number of alkyl halides is 1. The molecule has 12 nitrogen and oxygen atoms in total. The number of halogens is 1. The second-order valence-corrected chi connectivity index (χ2v) is 13.9. The van der Waals surface area contributed by atoms with E-state index >= 15 is 0 Å². The summed E-state index contributed by atoms with van der Waals surface area (Å²) in [4.78, 5) is 37.5. The van der Waals surface area contributed by atoms with Gasteiger partial charge in [0.25, 0.3) is 5.91 Å². The largest absolute Gasteiger partial charge is 0.435 e. The summed E-state index contributed by atoms with van der Waals surface area (Å²) in [5.74, 6) is 0.0881. The Kier molecular flexibility index (Phi) is 11.5. The van der Waals surface area contributed by atoms with Crippen LogP contribution >= 0.6 is 11.6 Å². The highest BCUT2D eigenvalue weighted by Crippen LogP contribution is 2.40. The summed E-state index contributed by atoms with van der Waals surface area (Å²) in [5.41, 5.74) is 6.65. The van der Waals surface area contributed by atoms with Crippen LogP contribution in [0.25, 0.3) is 28.1 Å². The van der Waals surface area contributed by atoms with Gasteiger partial charge in [0.15, 0.2) is 5.58 Å². The van der Waals surface area contributed by atoms with Gasteiger partial charge in [0.2, 0.25) is 11.8 Å². The summed E-state index contributed by atoms with van der Waals surface area (Å²) in [7, 11) is 1.59. The zero-order valence-corrected chi connectivity index (χ0v) is 30.2. The molecular weight excluding hydrogens is 682 g/mol. The maximum Gasteiger partial charge on any atom is 0.270 e. The van der Waals surface area contributed by atoms with Gasteiger partial charge in [-0.2, -0.15) is 5.26 Å². The van der Waals surface area contributed by atoms with Gasteiger partial charge >= 0.3 is 0 Å². The van der Waals surface area contributed by atoms with Crippen LogP contribution in [0.2, 0.25) is 0 Å². The van der Waals surface area contributed by atoms with E-state index in [1.165, 1.54) is 0 Å². The molecule has 0 saturated carbocycles. The van der Waals surface area contributed by atoms with Crippen molar-refractivity contribution in [2.24, 2.45) is 0 Å². The number of ether oxygens (including phenoxy) is 1. The molecule has 2 amide bonds. The number of allylic oxidation sites excluding steroid dienone is 2. The van der Waals surface area contributed by atoms with E-state index in [9.17, 15) is 14.9 Å². The first-order valence-electron chi connectivity index (χ1n) is 17.2. The molecule has 270 valence electrons. The molecule has 13 heteroatoms. The number of methoxy groups -OCH3 is 1. The molecule has 1 aliphatic carbocycles. The monoisotopic (exact) mass is 723 g/mol. The maximum absolute atomic E-state index is 13.5. The molecule has 2 atom stereocenters. The fourth-order valence-corrected chi connectivity index (χ4v) is 6.94. The number of aliphatic hydroxyl groups excluding tert-OH is 1. The Hall–Kier alpha value is -4.90. The molecule has 2 unspecified atom stereocenters. The minimum absolute atomic E-state index is 0.0193. The molecule has 0 spiro atoms. The number of oxazole rings is 1. The van der Waals surface area contributed by atoms with Gasteiger partial charge in [-0.05, 0) is 65.1 Å². The van der Waals surface area contributed by atoms with Crippen molar-refractivity contribution in [3.05, 3.63) is 100 Å². The lowest BCUT2D eigenvalue weighted by atomic mass is 9.83. The number of hydrogen-bond acceptors (Lipinski definition) is 10. The standard InChI is InChI=1S/C39H42ClN7O5/c1-25(49)47-13-11-46(12-14-47)23-26-16-29(20-41)36-33(17-26)44-38(52-36)28-7-4-6-27(18-28)32-8-5-9-35(39(32,2)40)45-37(50)34-19-30(24-51-3)31(22-43-34)21-42-10-15-48/h4-9,16-19,22,35,42,48H,10-15,21,23-24H2,1-3H3,(H,45,50). The minimum Gasteiger partial charge on any atom is -0.435 e. The topological polar surface area (TPSA) is 157 Å². The third-order valence-electron chi connectivity index (χ3n) is 9.50. The van der Waals surface area contributed by atoms with Gasteiger partial charge in [0.1, 0.15) is 17.3 Å². The van der Waals surface area contributed by atoms with Gasteiger partial charge in [0, 0.05) is 71.6 Å². The minimum atomic E-state index is -1.02. The summed E-state index contributed by atoms with van der Waals surface area (Å²) in [5, 5.41) is 25.3. The lowest BCUT2D eigenvalue weighted by Crippen LogP contribution is -2.48. The number of pyridine rings is 1. The third kappa shape index (κ3) is 8.09. The molecule has 3 heterocycles. The van der Waals surface area contributed by atoms with Gasteiger partial charge in [-0.1, -0.05) is 30.4 Å². The molecule has 0 bridgehead atoms. The molecule has 2 aromatic heterocycles. The average molecular weight is 724 g/mol. The third-order valence-corrected chi connectivity index (χ3v) is 9.94. The molecule has 4 aromatic rings. The zero-order valence-electron chi connectivity index (χ0n) is 29.5. The predicted octanol–water partition coefficient (Wildman–Crippen LogP) is 4.40. The summed E-state index contributed by atoms with van der Waals surface area (Å²) < 4.78 is 11.6. The number of benzene rings is 2. The van der Waals surface area contributed by atoms with E-state index in [-0.39, 0.29) is 24.1 Å². The zero-order chi connectivity index (χ0) is 36.8. The maximum atomic E-state index is 13.5. The first-order chi connectivity index (χ1) is 25.1. The van der Waals surface area contributed by atoms with Crippen LogP contribution < -0.4 is 10.6 Å².